The summed E-state index contributed by atoms with van der Waals surface area (Å²) in [6, 6.07) is 12.1. The van der Waals surface area contributed by atoms with Gasteiger partial charge >= 0.3 is 0 Å². The highest BCUT2D eigenvalue weighted by Crippen LogP contribution is 2.41. The van der Waals surface area contributed by atoms with Crippen molar-refractivity contribution >= 4 is 10.0 Å². The Kier molecular flexibility index (Phi) is 4.78. The molecule has 1 aliphatic carbocycles. The minimum atomic E-state index is -3.23. The van der Waals surface area contributed by atoms with Gasteiger partial charge in [-0.3, -0.25) is 4.98 Å². The molecule has 1 N–H and O–H groups in total. The largest absolute Gasteiger partial charge is 0.264 e. The number of aromatic nitrogens is 1. The third-order valence-electron chi connectivity index (χ3n) is 4.46. The minimum Gasteiger partial charge on any atom is -0.264 e. The van der Waals surface area contributed by atoms with Crippen molar-refractivity contribution in [2.75, 3.05) is 5.75 Å². The van der Waals surface area contributed by atoms with Gasteiger partial charge < -0.3 is 0 Å². The van der Waals surface area contributed by atoms with Gasteiger partial charge in [0.1, 0.15) is 0 Å². The molecule has 2 aromatic rings. The first-order valence-corrected chi connectivity index (χ1v) is 9.59. The molecule has 2 atom stereocenters. The molecule has 0 saturated heterocycles. The number of aryl methyl sites for hydroxylation is 1. The summed E-state index contributed by atoms with van der Waals surface area (Å²) in [5.41, 5.74) is 3.27. The molecule has 0 aliphatic heterocycles. The molecule has 5 heteroatoms. The first-order valence-electron chi connectivity index (χ1n) is 7.94. The van der Waals surface area contributed by atoms with Gasteiger partial charge in [-0.2, -0.15) is 0 Å². The standard InChI is InChI=1S/C18H22N2O2S/c1-14-11-19-8-7-16(14)12-20-23(21,22)13-18-10-17(18)9-15-5-3-2-4-6-15/h2-8,11,17-18,20H,9-10,12-13H2,1H3. The van der Waals surface area contributed by atoms with Crippen LogP contribution in [0.5, 0.6) is 0 Å². The van der Waals surface area contributed by atoms with Crippen LogP contribution in [0.25, 0.3) is 0 Å². The molecule has 1 aromatic carbocycles. The first-order chi connectivity index (χ1) is 11.0. The van der Waals surface area contributed by atoms with Crippen molar-refractivity contribution in [1.82, 2.24) is 9.71 Å². The summed E-state index contributed by atoms with van der Waals surface area (Å²) in [5.74, 6) is 1.01. The molecule has 0 spiro atoms. The monoisotopic (exact) mass is 330 g/mol. The van der Waals surface area contributed by atoms with Crippen molar-refractivity contribution < 1.29 is 8.42 Å². The molecule has 1 fully saturated rings. The second kappa shape index (κ2) is 6.81. The highest BCUT2D eigenvalue weighted by molar-refractivity contribution is 7.89. The lowest BCUT2D eigenvalue weighted by molar-refractivity contribution is 0.573. The van der Waals surface area contributed by atoms with Gasteiger partial charge in [-0.05, 0) is 54.4 Å². The maximum atomic E-state index is 12.2. The van der Waals surface area contributed by atoms with Gasteiger partial charge in [0.05, 0.1) is 5.75 Å². The third-order valence-corrected chi connectivity index (χ3v) is 5.91. The lowest BCUT2D eigenvalue weighted by Gasteiger charge is -2.08. The summed E-state index contributed by atoms with van der Waals surface area (Å²) < 4.78 is 27.2. The molecular weight excluding hydrogens is 308 g/mol. The summed E-state index contributed by atoms with van der Waals surface area (Å²) >= 11 is 0. The highest BCUT2D eigenvalue weighted by Gasteiger charge is 2.39. The molecule has 1 aromatic heterocycles. The number of hydrogen-bond acceptors (Lipinski definition) is 3. The second-order valence-electron chi connectivity index (χ2n) is 6.35. The summed E-state index contributed by atoms with van der Waals surface area (Å²) in [6.07, 6.45) is 5.42. The molecule has 1 saturated carbocycles. The zero-order chi connectivity index (χ0) is 16.3. The van der Waals surface area contributed by atoms with E-state index in [-0.39, 0.29) is 11.7 Å². The van der Waals surface area contributed by atoms with Gasteiger partial charge in [0.25, 0.3) is 0 Å². The second-order valence-corrected chi connectivity index (χ2v) is 8.20. The summed E-state index contributed by atoms with van der Waals surface area (Å²) in [4.78, 5) is 4.02. The fraction of sp³-hybridized carbons (Fsp3) is 0.389. The predicted molar refractivity (Wildman–Crippen MR) is 91.3 cm³/mol. The zero-order valence-electron chi connectivity index (χ0n) is 13.3. The van der Waals surface area contributed by atoms with E-state index in [1.54, 1.807) is 12.4 Å². The number of rotatable bonds is 7. The van der Waals surface area contributed by atoms with Gasteiger partial charge in [-0.15, -0.1) is 0 Å². The van der Waals surface area contributed by atoms with Crippen LogP contribution in [-0.2, 0) is 23.0 Å². The Morgan fingerprint density at radius 3 is 2.70 bits per heavy atom. The van der Waals surface area contributed by atoms with E-state index in [0.717, 1.165) is 24.0 Å². The molecule has 0 bridgehead atoms. The van der Waals surface area contributed by atoms with Gasteiger partial charge in [-0.25, -0.2) is 13.1 Å². The zero-order valence-corrected chi connectivity index (χ0v) is 14.1. The van der Waals surface area contributed by atoms with Crippen molar-refractivity contribution in [3.05, 3.63) is 65.5 Å². The number of nitrogens with zero attached hydrogens (tertiary/aromatic N) is 1. The van der Waals surface area contributed by atoms with Crippen molar-refractivity contribution in [2.24, 2.45) is 11.8 Å². The first kappa shape index (κ1) is 16.1. The van der Waals surface area contributed by atoms with Gasteiger partial charge in [0.15, 0.2) is 0 Å². The van der Waals surface area contributed by atoms with Crippen LogP contribution in [0, 0.1) is 18.8 Å². The van der Waals surface area contributed by atoms with Crippen LogP contribution in [0.15, 0.2) is 48.8 Å². The average molecular weight is 330 g/mol. The van der Waals surface area contributed by atoms with Gasteiger partial charge in [0.2, 0.25) is 10.0 Å². The van der Waals surface area contributed by atoms with Gasteiger partial charge in [0, 0.05) is 18.9 Å². The number of pyridine rings is 1. The smallest absolute Gasteiger partial charge is 0.212 e. The summed E-state index contributed by atoms with van der Waals surface area (Å²) in [6.45, 7) is 2.28. The molecule has 0 amide bonds. The number of nitrogens with one attached hydrogen (secondary N) is 1. The SMILES string of the molecule is Cc1cnccc1CNS(=O)(=O)CC1CC1Cc1ccccc1. The fourth-order valence-electron chi connectivity index (χ4n) is 2.91. The van der Waals surface area contributed by atoms with Crippen molar-refractivity contribution in [1.29, 1.82) is 0 Å². The van der Waals surface area contributed by atoms with E-state index in [0.29, 0.717) is 12.5 Å². The normalized spacial score (nSPS) is 20.4. The van der Waals surface area contributed by atoms with E-state index in [9.17, 15) is 8.42 Å². The Morgan fingerprint density at radius 2 is 1.96 bits per heavy atom. The maximum absolute atomic E-state index is 12.2. The maximum Gasteiger partial charge on any atom is 0.212 e. The van der Waals surface area contributed by atoms with Crippen LogP contribution < -0.4 is 4.72 Å². The van der Waals surface area contributed by atoms with E-state index in [2.05, 4.69) is 21.8 Å². The molecule has 23 heavy (non-hydrogen) atoms. The highest BCUT2D eigenvalue weighted by atomic mass is 32.2. The Balaban J connectivity index is 1.49. The molecule has 1 heterocycles. The van der Waals surface area contributed by atoms with Crippen LogP contribution in [0.1, 0.15) is 23.1 Å². The Bertz CT molecular complexity index is 760. The molecule has 1 aliphatic rings. The molecule has 2 unspecified atom stereocenters. The molecule has 4 nitrogen and oxygen atoms in total. The lowest BCUT2D eigenvalue weighted by Crippen LogP contribution is -2.27. The predicted octanol–water partition coefficient (Wildman–Crippen LogP) is 2.69. The average Bonchev–Trinajstić information content (AvgIpc) is 3.24. The molecule has 122 valence electrons. The van der Waals surface area contributed by atoms with Crippen LogP contribution in [0.3, 0.4) is 0 Å². The van der Waals surface area contributed by atoms with E-state index in [4.69, 9.17) is 0 Å². The Labute approximate surface area is 138 Å². The summed E-state index contributed by atoms with van der Waals surface area (Å²) in [5, 5.41) is 0. The van der Waals surface area contributed by atoms with Crippen molar-refractivity contribution in [3.8, 4) is 0 Å². The van der Waals surface area contributed by atoms with Gasteiger partial charge in [-0.1, -0.05) is 30.3 Å². The molecule has 3 rings (SSSR count). The third kappa shape index (κ3) is 4.62. The van der Waals surface area contributed by atoms with E-state index in [1.807, 2.05) is 31.2 Å². The number of benzene rings is 1. The van der Waals surface area contributed by atoms with Crippen molar-refractivity contribution in [3.63, 3.8) is 0 Å². The van der Waals surface area contributed by atoms with Crippen molar-refractivity contribution in [2.45, 2.75) is 26.3 Å². The number of sulfonamides is 1. The molecular formula is C18H22N2O2S. The van der Waals surface area contributed by atoms with Crippen LogP contribution >= 0.6 is 0 Å². The quantitative estimate of drug-likeness (QED) is 0.849. The summed E-state index contributed by atoms with van der Waals surface area (Å²) in [7, 11) is -3.23. The topological polar surface area (TPSA) is 59.1 Å². The van der Waals surface area contributed by atoms with E-state index < -0.39 is 10.0 Å². The molecule has 0 radical (unpaired) electrons. The van der Waals surface area contributed by atoms with Crippen LogP contribution in [0.2, 0.25) is 0 Å². The lowest BCUT2D eigenvalue weighted by atomic mass is 10.1. The fourth-order valence-corrected chi connectivity index (χ4v) is 4.38. The minimum absolute atomic E-state index is 0.231. The Morgan fingerprint density at radius 1 is 1.17 bits per heavy atom. The van der Waals surface area contributed by atoms with E-state index in [1.165, 1.54) is 5.56 Å². The van der Waals surface area contributed by atoms with E-state index >= 15 is 0 Å². The van der Waals surface area contributed by atoms with Crippen LogP contribution in [0.4, 0.5) is 0 Å². The Hall–Kier alpha value is -1.72. The number of hydrogen-bond donors (Lipinski definition) is 1. The van der Waals surface area contributed by atoms with Crippen LogP contribution in [-0.4, -0.2) is 19.2 Å².